The van der Waals surface area contributed by atoms with E-state index in [1.807, 2.05) is 26.1 Å². The monoisotopic (exact) mass is 475 g/mol. The van der Waals surface area contributed by atoms with Crippen molar-refractivity contribution in [1.82, 2.24) is 14.5 Å². The third-order valence-electron chi connectivity index (χ3n) is 5.94. The topological polar surface area (TPSA) is 99.2 Å². The molecule has 0 saturated heterocycles. The van der Waals surface area contributed by atoms with Gasteiger partial charge in [0.15, 0.2) is 0 Å². The van der Waals surface area contributed by atoms with E-state index in [0.29, 0.717) is 12.1 Å². The van der Waals surface area contributed by atoms with E-state index >= 15 is 0 Å². The molecule has 0 aliphatic carbocycles. The lowest BCUT2D eigenvalue weighted by atomic mass is 10.0. The number of aliphatic hydroxyl groups is 1. The molecule has 0 bridgehead atoms. The lowest BCUT2D eigenvalue weighted by Gasteiger charge is -2.36. The highest BCUT2D eigenvalue weighted by atomic mass is 32.2. The lowest BCUT2D eigenvalue weighted by Crippen LogP contribution is -2.49. The summed E-state index contributed by atoms with van der Waals surface area (Å²) in [6.45, 7) is 4.18. The van der Waals surface area contributed by atoms with Crippen LogP contribution in [0.15, 0.2) is 47.4 Å². The predicted molar refractivity (Wildman–Crippen MR) is 128 cm³/mol. The molecule has 1 aliphatic heterocycles. The zero-order valence-electron chi connectivity index (χ0n) is 19.8. The van der Waals surface area contributed by atoms with Crippen molar-refractivity contribution in [2.45, 2.75) is 30.9 Å². The van der Waals surface area contributed by atoms with Gasteiger partial charge in [-0.15, -0.1) is 0 Å². The average molecular weight is 476 g/mol. The second-order valence-electron chi connectivity index (χ2n) is 8.74. The Hall–Kier alpha value is -2.46. The van der Waals surface area contributed by atoms with E-state index in [0.717, 1.165) is 11.1 Å². The average Bonchev–Trinajstić information content (AvgIpc) is 2.80. The third kappa shape index (κ3) is 5.22. The maximum Gasteiger partial charge on any atom is 0.253 e. The summed E-state index contributed by atoms with van der Waals surface area (Å²) in [4.78, 5) is 13.8. The number of carbonyl (C=O) groups is 1. The lowest BCUT2D eigenvalue weighted by molar-refractivity contribution is 0.0827. The van der Waals surface area contributed by atoms with E-state index in [9.17, 15) is 18.3 Å². The molecule has 1 aliphatic rings. The number of ether oxygens (including phenoxy) is 1. The molecule has 1 amide bonds. The summed E-state index contributed by atoms with van der Waals surface area (Å²) in [5.74, 6) is 0.0911. The third-order valence-corrected chi connectivity index (χ3v) is 7.96. The van der Waals surface area contributed by atoms with Gasteiger partial charge in [0, 0.05) is 44.7 Å². The number of amides is 1. The Morgan fingerprint density at radius 1 is 1.21 bits per heavy atom. The van der Waals surface area contributed by atoms with Gasteiger partial charge in [-0.05, 0) is 49.4 Å². The fourth-order valence-corrected chi connectivity index (χ4v) is 5.74. The summed E-state index contributed by atoms with van der Waals surface area (Å²) in [5, 5.41) is 12.8. The highest BCUT2D eigenvalue weighted by molar-refractivity contribution is 7.89. The molecule has 0 unspecified atom stereocenters. The number of rotatable bonds is 6. The smallest absolute Gasteiger partial charge is 0.253 e. The molecule has 2 aromatic carbocycles. The van der Waals surface area contributed by atoms with Gasteiger partial charge in [-0.25, -0.2) is 8.42 Å². The second kappa shape index (κ2) is 10.2. The Kier molecular flexibility index (Phi) is 7.79. The van der Waals surface area contributed by atoms with Crippen LogP contribution in [-0.4, -0.2) is 81.6 Å². The first kappa shape index (κ1) is 25.2. The number of carbonyl (C=O) groups excluding carboxylic acids is 1. The van der Waals surface area contributed by atoms with E-state index in [1.165, 1.54) is 9.21 Å². The van der Waals surface area contributed by atoms with Gasteiger partial charge in [-0.1, -0.05) is 25.1 Å². The second-order valence-corrected chi connectivity index (χ2v) is 10.6. The number of hydrogen-bond acceptors (Lipinski definition) is 6. The van der Waals surface area contributed by atoms with Gasteiger partial charge in [-0.3, -0.25) is 4.79 Å². The molecular formula is C24H33N3O5S. The molecule has 0 radical (unpaired) electrons. The Bertz CT molecular complexity index is 1090. The van der Waals surface area contributed by atoms with Crippen LogP contribution in [0.3, 0.4) is 0 Å². The van der Waals surface area contributed by atoms with Crippen LogP contribution >= 0.6 is 0 Å². The van der Waals surface area contributed by atoms with E-state index in [-0.39, 0.29) is 41.7 Å². The maximum atomic E-state index is 13.5. The molecule has 2 N–H and O–H groups in total. The molecule has 33 heavy (non-hydrogen) atoms. The van der Waals surface area contributed by atoms with Gasteiger partial charge in [0.05, 0.1) is 6.61 Å². The summed E-state index contributed by atoms with van der Waals surface area (Å²) in [6.07, 6.45) is -0.256. The molecular weight excluding hydrogens is 442 g/mol. The predicted octanol–water partition coefficient (Wildman–Crippen LogP) is 2.04. The molecule has 180 valence electrons. The number of hydrogen-bond donors (Lipinski definition) is 2. The van der Waals surface area contributed by atoms with Gasteiger partial charge < -0.3 is 20.1 Å². The molecule has 1 heterocycles. The van der Waals surface area contributed by atoms with Gasteiger partial charge in [-0.2, -0.15) is 4.31 Å². The van der Waals surface area contributed by atoms with Crippen LogP contribution < -0.4 is 10.1 Å². The van der Waals surface area contributed by atoms with Crippen LogP contribution in [-0.2, 0) is 10.0 Å². The van der Waals surface area contributed by atoms with Crippen LogP contribution in [0.1, 0.15) is 24.2 Å². The SMILES string of the molecule is CNC[C@H]1Oc2cc(-c3ccc(C(=O)N(C)C)cc3)ccc2S(=O)(=O)N([C@H](C)CO)C[C@@H]1C. The highest BCUT2D eigenvalue weighted by Crippen LogP contribution is 2.36. The van der Waals surface area contributed by atoms with E-state index < -0.39 is 16.1 Å². The first-order chi connectivity index (χ1) is 15.6. The normalized spacial score (nSPS) is 21.3. The van der Waals surface area contributed by atoms with Crippen LogP contribution in [0.5, 0.6) is 5.75 Å². The summed E-state index contributed by atoms with van der Waals surface area (Å²) in [5.41, 5.74) is 2.20. The summed E-state index contributed by atoms with van der Waals surface area (Å²) in [6, 6.07) is 11.7. The molecule has 2 aromatic rings. The molecule has 8 nitrogen and oxygen atoms in total. The minimum atomic E-state index is -3.87. The standard InChI is InChI=1S/C24H33N3O5S/c1-16-14-27(17(2)15-28)33(30,31)23-11-10-20(12-21(23)32-22(16)13-25-3)18-6-8-19(9-7-18)24(29)26(4)5/h6-12,16-17,22,25,28H,13-15H2,1-5H3/t16-,17+,22+/m0/s1. The molecule has 3 atom stereocenters. The number of nitrogens with one attached hydrogen (secondary N) is 1. The molecule has 0 aromatic heterocycles. The first-order valence-corrected chi connectivity index (χ1v) is 12.4. The number of fused-ring (bicyclic) bond motifs is 1. The van der Waals surface area contributed by atoms with Gasteiger partial charge in [0.25, 0.3) is 5.91 Å². The highest BCUT2D eigenvalue weighted by Gasteiger charge is 2.37. The van der Waals surface area contributed by atoms with Gasteiger partial charge in [0.2, 0.25) is 10.0 Å². The van der Waals surface area contributed by atoms with Crippen LogP contribution in [0.2, 0.25) is 0 Å². The number of benzene rings is 2. The van der Waals surface area contributed by atoms with Crippen molar-refractivity contribution in [2.75, 3.05) is 40.8 Å². The Balaban J connectivity index is 2.07. The maximum absolute atomic E-state index is 13.5. The van der Waals surface area contributed by atoms with Crippen molar-refractivity contribution in [3.8, 4) is 16.9 Å². The fourth-order valence-electron chi connectivity index (χ4n) is 3.91. The number of nitrogens with zero attached hydrogens (tertiary/aromatic N) is 2. The van der Waals surface area contributed by atoms with Crippen LogP contribution in [0, 0.1) is 5.92 Å². The zero-order valence-corrected chi connectivity index (χ0v) is 20.6. The Labute approximate surface area is 196 Å². The summed E-state index contributed by atoms with van der Waals surface area (Å²) >= 11 is 0. The number of likely N-dealkylation sites (N-methyl/N-ethyl adjacent to an activating group) is 1. The summed E-state index contributed by atoms with van der Waals surface area (Å²) < 4.78 is 34.6. The van der Waals surface area contributed by atoms with E-state index in [1.54, 1.807) is 51.4 Å². The van der Waals surface area contributed by atoms with Gasteiger partial charge in [0.1, 0.15) is 16.7 Å². The van der Waals surface area contributed by atoms with Crippen molar-refractivity contribution in [1.29, 1.82) is 0 Å². The van der Waals surface area contributed by atoms with Crippen molar-refractivity contribution in [2.24, 2.45) is 5.92 Å². The number of sulfonamides is 1. The molecule has 0 fully saturated rings. The van der Waals surface area contributed by atoms with E-state index in [4.69, 9.17) is 4.74 Å². The van der Waals surface area contributed by atoms with Crippen molar-refractivity contribution < 1.29 is 23.1 Å². The van der Waals surface area contributed by atoms with Crippen LogP contribution in [0.4, 0.5) is 0 Å². The molecule has 3 rings (SSSR count). The minimum absolute atomic E-state index is 0.0824. The number of aliphatic hydroxyl groups excluding tert-OH is 1. The zero-order chi connectivity index (χ0) is 24.3. The Morgan fingerprint density at radius 2 is 1.85 bits per heavy atom. The van der Waals surface area contributed by atoms with Crippen LogP contribution in [0.25, 0.3) is 11.1 Å². The summed E-state index contributed by atoms with van der Waals surface area (Å²) in [7, 11) is 1.35. The van der Waals surface area contributed by atoms with Crippen molar-refractivity contribution >= 4 is 15.9 Å². The van der Waals surface area contributed by atoms with Gasteiger partial charge >= 0.3 is 0 Å². The first-order valence-electron chi connectivity index (χ1n) is 11.0. The largest absolute Gasteiger partial charge is 0.487 e. The van der Waals surface area contributed by atoms with Crippen molar-refractivity contribution in [3.05, 3.63) is 48.0 Å². The van der Waals surface area contributed by atoms with E-state index in [2.05, 4.69) is 5.32 Å². The molecule has 0 spiro atoms. The molecule has 0 saturated carbocycles. The molecule has 9 heteroatoms. The Morgan fingerprint density at radius 3 is 2.42 bits per heavy atom. The van der Waals surface area contributed by atoms with Crippen molar-refractivity contribution in [3.63, 3.8) is 0 Å². The quantitative estimate of drug-likeness (QED) is 0.664. The fraction of sp³-hybridized carbons (Fsp3) is 0.458. The minimum Gasteiger partial charge on any atom is -0.487 e.